The van der Waals surface area contributed by atoms with E-state index in [9.17, 15) is 14.0 Å². The van der Waals surface area contributed by atoms with E-state index in [4.69, 9.17) is 4.74 Å². The molecule has 3 aliphatic heterocycles. The summed E-state index contributed by atoms with van der Waals surface area (Å²) in [6.45, 7) is 10.7. The molecule has 206 valence electrons. The van der Waals surface area contributed by atoms with E-state index in [0.29, 0.717) is 29.3 Å². The van der Waals surface area contributed by atoms with Crippen molar-refractivity contribution < 1.29 is 13.9 Å². The van der Waals surface area contributed by atoms with Gasteiger partial charge in [0.05, 0.1) is 35.0 Å². The number of piperidine rings is 1. The highest BCUT2D eigenvalue weighted by molar-refractivity contribution is 5.99. The Labute approximate surface area is 224 Å². The van der Waals surface area contributed by atoms with Gasteiger partial charge in [0.25, 0.3) is 11.5 Å². The van der Waals surface area contributed by atoms with Crippen molar-refractivity contribution in [2.24, 2.45) is 5.92 Å². The first-order chi connectivity index (χ1) is 18.0. The van der Waals surface area contributed by atoms with Crippen LogP contribution in [0.5, 0.6) is 0 Å². The number of carbonyl (C=O) groups excluding carboxylic acids is 1. The van der Waals surface area contributed by atoms with Gasteiger partial charge in [-0.25, -0.2) is 4.39 Å². The van der Waals surface area contributed by atoms with E-state index >= 15 is 0 Å². The van der Waals surface area contributed by atoms with Gasteiger partial charge in [-0.2, -0.15) is 0 Å². The zero-order chi connectivity index (χ0) is 27.2. The molecule has 4 fully saturated rings. The second-order valence-corrected chi connectivity index (χ2v) is 12.1. The number of nitrogens with one attached hydrogen (secondary N) is 2. The maximum Gasteiger partial charge on any atom is 0.255 e. The molecule has 8 heteroatoms. The Balaban J connectivity index is 1.42. The molecule has 0 radical (unpaired) electrons. The Kier molecular flexibility index (Phi) is 7.16. The molecule has 7 nitrogen and oxygen atoms in total. The maximum absolute atomic E-state index is 14.1. The summed E-state index contributed by atoms with van der Waals surface area (Å²) in [5, 5.41) is 6.56. The quantitative estimate of drug-likeness (QED) is 0.523. The number of aromatic nitrogens is 1. The fourth-order valence-corrected chi connectivity index (χ4v) is 6.77. The summed E-state index contributed by atoms with van der Waals surface area (Å²) < 4.78 is 21.8. The van der Waals surface area contributed by atoms with Crippen LogP contribution in [0.4, 0.5) is 10.1 Å². The zero-order valence-corrected chi connectivity index (χ0v) is 23.3. The van der Waals surface area contributed by atoms with E-state index in [2.05, 4.69) is 29.5 Å². The number of ether oxygens (including phenoxy) is 1. The van der Waals surface area contributed by atoms with Crippen molar-refractivity contribution in [3.63, 3.8) is 0 Å². The second kappa shape index (κ2) is 10.1. The predicted molar refractivity (Wildman–Crippen MR) is 148 cm³/mol. The molecule has 1 aromatic carbocycles. The third-order valence-electron chi connectivity index (χ3n) is 8.98. The summed E-state index contributed by atoms with van der Waals surface area (Å²) in [4.78, 5) is 29.4. The number of halogens is 1. The molecule has 1 aliphatic carbocycles. The molecule has 6 rings (SSSR count). The van der Waals surface area contributed by atoms with Crippen molar-refractivity contribution in [3.05, 3.63) is 63.1 Å². The summed E-state index contributed by atoms with van der Waals surface area (Å²) in [6, 6.07) is 6.79. The summed E-state index contributed by atoms with van der Waals surface area (Å²) in [7, 11) is 2.14. The lowest BCUT2D eigenvalue weighted by molar-refractivity contribution is 0.00538. The molecule has 1 amide bonds. The molecule has 4 heterocycles. The molecule has 2 aromatic rings. The lowest BCUT2D eigenvalue weighted by atomic mass is 9.69. The molecule has 2 atom stereocenters. The summed E-state index contributed by atoms with van der Waals surface area (Å²) in [6.07, 6.45) is 4.35. The minimum Gasteiger partial charge on any atom is -0.384 e. The SMILES string of the molecule is Cc1c(C(C)F)cccc1[C@@H](C)NC(=O)c1cn(C23COC(C)(C2)C3)c(=O)cc1NCC1CCN(C)CC1. The average molecular weight is 525 g/mol. The normalized spacial score (nSPS) is 27.0. The Morgan fingerprint density at radius 1 is 1.21 bits per heavy atom. The number of benzene rings is 1. The van der Waals surface area contributed by atoms with Gasteiger partial charge in [0.15, 0.2) is 0 Å². The number of nitrogens with zero attached hydrogens (tertiary/aromatic N) is 2. The number of likely N-dealkylation sites (tertiary alicyclic amines) is 1. The van der Waals surface area contributed by atoms with Crippen LogP contribution in [0.1, 0.15) is 85.7 Å². The second-order valence-electron chi connectivity index (χ2n) is 12.1. The first-order valence-electron chi connectivity index (χ1n) is 13.9. The van der Waals surface area contributed by atoms with Gasteiger partial charge < -0.3 is 24.8 Å². The molecule has 1 unspecified atom stereocenters. The number of hydrogen-bond acceptors (Lipinski definition) is 5. The van der Waals surface area contributed by atoms with Gasteiger partial charge in [0.1, 0.15) is 6.17 Å². The smallest absolute Gasteiger partial charge is 0.255 e. The van der Waals surface area contributed by atoms with Crippen LogP contribution in [0.2, 0.25) is 0 Å². The third-order valence-corrected chi connectivity index (χ3v) is 8.98. The maximum atomic E-state index is 14.1. The molecule has 0 spiro atoms. The van der Waals surface area contributed by atoms with Gasteiger partial charge in [-0.15, -0.1) is 0 Å². The topological polar surface area (TPSA) is 75.6 Å². The number of hydrogen-bond donors (Lipinski definition) is 2. The minimum atomic E-state index is -1.09. The van der Waals surface area contributed by atoms with Gasteiger partial charge in [-0.05, 0) is 83.3 Å². The number of rotatable bonds is 8. The third kappa shape index (κ3) is 5.00. The van der Waals surface area contributed by atoms with Gasteiger partial charge in [0, 0.05) is 31.6 Å². The number of pyridine rings is 1. The van der Waals surface area contributed by atoms with Crippen molar-refractivity contribution in [1.82, 2.24) is 14.8 Å². The highest BCUT2D eigenvalue weighted by Gasteiger charge is 2.61. The Hall–Kier alpha value is -2.71. The van der Waals surface area contributed by atoms with Crippen LogP contribution < -0.4 is 16.2 Å². The standard InChI is InChI=1S/C30H41FN4O3/c1-19-23(20(2)31)7-6-8-24(19)21(3)33-28(37)25-15-35(30-16-29(4,17-30)38-18-30)27(36)13-26(25)32-14-22-9-11-34(5)12-10-22/h6-8,13,15,20-22,32H,9-12,14,16-18H2,1-5H3,(H,33,37)/t20?,21-,29?,30?/m1/s1. The summed E-state index contributed by atoms with van der Waals surface area (Å²) >= 11 is 0. The van der Waals surface area contributed by atoms with Gasteiger partial charge in [0.2, 0.25) is 0 Å². The van der Waals surface area contributed by atoms with E-state index < -0.39 is 6.17 Å². The van der Waals surface area contributed by atoms with Crippen molar-refractivity contribution in [2.45, 2.75) is 76.7 Å². The lowest BCUT2D eigenvalue weighted by Gasteiger charge is -2.43. The fourth-order valence-electron chi connectivity index (χ4n) is 6.77. The minimum absolute atomic E-state index is 0.117. The van der Waals surface area contributed by atoms with Crippen LogP contribution in [-0.2, 0) is 10.3 Å². The number of fused-ring (bicyclic) bond motifs is 1. The zero-order valence-electron chi connectivity index (χ0n) is 23.3. The van der Waals surface area contributed by atoms with Crippen molar-refractivity contribution in [2.75, 3.05) is 38.6 Å². The number of anilines is 1. The molecule has 2 N–H and O–H groups in total. The number of alkyl halides is 1. The van der Waals surface area contributed by atoms with E-state index in [-0.39, 0.29) is 28.6 Å². The highest BCUT2D eigenvalue weighted by Crippen LogP contribution is 2.55. The Morgan fingerprint density at radius 2 is 1.89 bits per heavy atom. The van der Waals surface area contributed by atoms with Crippen LogP contribution >= 0.6 is 0 Å². The largest absolute Gasteiger partial charge is 0.384 e. The Morgan fingerprint density at radius 3 is 2.53 bits per heavy atom. The number of carbonyl (C=O) groups is 1. The van der Waals surface area contributed by atoms with Crippen molar-refractivity contribution >= 4 is 11.6 Å². The molecule has 1 aromatic heterocycles. The first-order valence-corrected chi connectivity index (χ1v) is 13.9. The molecule has 1 saturated carbocycles. The molecule has 4 aliphatic rings. The molecule has 3 saturated heterocycles. The van der Waals surface area contributed by atoms with Gasteiger partial charge in [-0.3, -0.25) is 9.59 Å². The van der Waals surface area contributed by atoms with E-state index in [1.165, 1.54) is 6.92 Å². The van der Waals surface area contributed by atoms with E-state index in [1.807, 2.05) is 26.0 Å². The van der Waals surface area contributed by atoms with Crippen LogP contribution in [0.15, 0.2) is 35.3 Å². The van der Waals surface area contributed by atoms with Crippen LogP contribution in [0.25, 0.3) is 0 Å². The molecule has 38 heavy (non-hydrogen) atoms. The van der Waals surface area contributed by atoms with E-state index in [0.717, 1.165) is 56.4 Å². The Bertz CT molecular complexity index is 1260. The van der Waals surface area contributed by atoms with Crippen LogP contribution in [0.3, 0.4) is 0 Å². The molecular formula is C30H41FN4O3. The van der Waals surface area contributed by atoms with E-state index in [1.54, 1.807) is 22.9 Å². The summed E-state index contributed by atoms with van der Waals surface area (Å²) in [5.74, 6) is 0.235. The van der Waals surface area contributed by atoms with Crippen molar-refractivity contribution in [1.29, 1.82) is 0 Å². The summed E-state index contributed by atoms with van der Waals surface area (Å²) in [5.41, 5.74) is 2.68. The van der Waals surface area contributed by atoms with Crippen LogP contribution in [0, 0.1) is 12.8 Å². The van der Waals surface area contributed by atoms with Crippen LogP contribution in [-0.4, -0.2) is 54.3 Å². The van der Waals surface area contributed by atoms with Gasteiger partial charge >= 0.3 is 0 Å². The number of amides is 1. The highest BCUT2D eigenvalue weighted by atomic mass is 19.1. The fraction of sp³-hybridized carbons (Fsp3) is 0.600. The monoisotopic (exact) mass is 524 g/mol. The predicted octanol–water partition coefficient (Wildman–Crippen LogP) is 4.71. The van der Waals surface area contributed by atoms with Gasteiger partial charge in [-0.1, -0.05) is 18.2 Å². The molecule has 2 bridgehead atoms. The average Bonchev–Trinajstić information content (AvgIpc) is 3.37. The first kappa shape index (κ1) is 26.9. The molecular weight excluding hydrogens is 483 g/mol. The van der Waals surface area contributed by atoms with Crippen molar-refractivity contribution in [3.8, 4) is 0 Å². The lowest BCUT2D eigenvalue weighted by Crippen LogP contribution is -2.52.